The molecule has 0 atom stereocenters. The Hall–Kier alpha value is -4.10. The van der Waals surface area contributed by atoms with Gasteiger partial charge in [0.05, 0.1) is 26.8 Å². The molecule has 3 heterocycles. The number of piperidine rings is 1. The largest absolute Gasteiger partial charge is 0.478 e. The zero-order chi connectivity index (χ0) is 30.6. The highest BCUT2D eigenvalue weighted by Crippen LogP contribution is 2.42. The molecule has 44 heavy (non-hydrogen) atoms. The van der Waals surface area contributed by atoms with Crippen LogP contribution in [0, 0.1) is 13.8 Å². The molecule has 2 aromatic carbocycles. The van der Waals surface area contributed by atoms with Gasteiger partial charge in [0, 0.05) is 30.6 Å². The highest BCUT2D eigenvalue weighted by Gasteiger charge is 2.23. The topological polar surface area (TPSA) is 83.4 Å². The number of nitrogens with zero attached hydrogens (tertiary/aromatic N) is 3. The molecule has 1 amide bonds. The number of aromatic nitrogens is 2. The summed E-state index contributed by atoms with van der Waals surface area (Å²) >= 11 is 1.67. The molecule has 1 saturated carbocycles. The summed E-state index contributed by atoms with van der Waals surface area (Å²) in [4.78, 5) is 37.2. The molecule has 6 nitrogen and oxygen atoms in total. The van der Waals surface area contributed by atoms with E-state index in [-0.39, 0.29) is 5.91 Å². The van der Waals surface area contributed by atoms with Crippen molar-refractivity contribution < 1.29 is 14.7 Å². The molecule has 1 N–H and O–H groups in total. The zero-order valence-electron chi connectivity index (χ0n) is 25.5. The van der Waals surface area contributed by atoms with Gasteiger partial charge in [-0.1, -0.05) is 37.5 Å². The van der Waals surface area contributed by atoms with E-state index in [9.17, 15) is 14.7 Å². The first-order valence-electron chi connectivity index (χ1n) is 15.8. The van der Waals surface area contributed by atoms with E-state index in [0.717, 1.165) is 93.2 Å². The minimum atomic E-state index is -0.976. The predicted molar refractivity (Wildman–Crippen MR) is 180 cm³/mol. The van der Waals surface area contributed by atoms with Gasteiger partial charge in [-0.15, -0.1) is 11.3 Å². The maximum Gasteiger partial charge on any atom is 0.328 e. The fraction of sp³-hybridized carbons (Fsp3) is 0.351. The van der Waals surface area contributed by atoms with E-state index in [1.54, 1.807) is 23.5 Å². The Balaban J connectivity index is 1.47. The Labute approximate surface area is 263 Å². The number of thiazole rings is 1. The maximum absolute atomic E-state index is 13.2. The molecule has 2 fully saturated rings. The SMILES string of the molecule is Cc1nc(C)c(-c2ccc3cc(-c4c(C=CC(=O)N5CCCCC5)cc(C=CC(=O)O)cc4C4CCCCC4)ccc3n2)s1. The minimum Gasteiger partial charge on any atom is -0.478 e. The quantitative estimate of drug-likeness (QED) is 0.213. The lowest BCUT2D eigenvalue weighted by Gasteiger charge is -2.27. The van der Waals surface area contributed by atoms with Crippen molar-refractivity contribution in [2.75, 3.05) is 13.1 Å². The smallest absolute Gasteiger partial charge is 0.328 e. The first-order valence-corrected chi connectivity index (χ1v) is 16.6. The van der Waals surface area contributed by atoms with Gasteiger partial charge in [-0.25, -0.2) is 14.8 Å². The molecule has 0 radical (unpaired) electrons. The maximum atomic E-state index is 13.2. The molecule has 1 saturated heterocycles. The second kappa shape index (κ2) is 13.3. The molecule has 0 bridgehead atoms. The molecule has 1 aliphatic heterocycles. The number of aryl methyl sites for hydroxylation is 2. The van der Waals surface area contributed by atoms with Crippen LogP contribution in [0.25, 0.3) is 44.8 Å². The lowest BCUT2D eigenvalue weighted by atomic mass is 9.78. The van der Waals surface area contributed by atoms with Crippen molar-refractivity contribution in [3.8, 4) is 21.7 Å². The number of hydrogen-bond acceptors (Lipinski definition) is 5. The first kappa shape index (κ1) is 29.9. The minimum absolute atomic E-state index is 0.0326. The molecule has 0 spiro atoms. The van der Waals surface area contributed by atoms with Crippen LogP contribution < -0.4 is 0 Å². The molecule has 0 unspecified atom stereocenters. The number of carboxylic acid groups (broad SMARTS) is 1. The molecule has 4 aromatic rings. The highest BCUT2D eigenvalue weighted by atomic mass is 32.1. The number of amides is 1. The molecule has 2 aromatic heterocycles. The van der Waals surface area contributed by atoms with Gasteiger partial charge in [0.15, 0.2) is 0 Å². The summed E-state index contributed by atoms with van der Waals surface area (Å²) in [7, 11) is 0. The van der Waals surface area contributed by atoms with Crippen molar-refractivity contribution in [3.05, 3.63) is 82.0 Å². The normalized spacial score (nSPS) is 16.4. The monoisotopic (exact) mass is 605 g/mol. The summed E-state index contributed by atoms with van der Waals surface area (Å²) in [5.41, 5.74) is 8.05. The average Bonchev–Trinajstić information content (AvgIpc) is 3.39. The van der Waals surface area contributed by atoms with Crippen LogP contribution in [-0.4, -0.2) is 44.9 Å². The van der Waals surface area contributed by atoms with Crippen LogP contribution in [0.2, 0.25) is 0 Å². The number of aliphatic carboxylic acids is 1. The van der Waals surface area contributed by atoms with Gasteiger partial charge in [0.2, 0.25) is 5.91 Å². The summed E-state index contributed by atoms with van der Waals surface area (Å²) in [6, 6.07) is 14.8. The van der Waals surface area contributed by atoms with Crippen molar-refractivity contribution in [3.63, 3.8) is 0 Å². The van der Waals surface area contributed by atoms with Crippen LogP contribution in [0.4, 0.5) is 0 Å². The zero-order valence-corrected chi connectivity index (χ0v) is 26.3. The van der Waals surface area contributed by atoms with Gasteiger partial charge in [-0.2, -0.15) is 0 Å². The number of carbonyl (C=O) groups excluding carboxylic acids is 1. The lowest BCUT2D eigenvalue weighted by molar-refractivity contribution is -0.131. The third-order valence-corrected chi connectivity index (χ3v) is 9.97. The Bertz CT molecular complexity index is 1760. The second-order valence-corrected chi connectivity index (χ2v) is 13.3. The number of benzene rings is 2. The second-order valence-electron chi connectivity index (χ2n) is 12.1. The van der Waals surface area contributed by atoms with E-state index in [1.165, 1.54) is 37.3 Å². The van der Waals surface area contributed by atoms with Crippen LogP contribution in [0.3, 0.4) is 0 Å². The predicted octanol–water partition coefficient (Wildman–Crippen LogP) is 8.81. The molecular weight excluding hydrogens is 566 g/mol. The molecular formula is C37H39N3O3S. The van der Waals surface area contributed by atoms with Crippen molar-refractivity contribution >= 4 is 46.3 Å². The fourth-order valence-electron chi connectivity index (χ4n) is 6.73. The fourth-order valence-corrected chi connectivity index (χ4v) is 7.62. The number of rotatable bonds is 7. The van der Waals surface area contributed by atoms with Crippen LogP contribution in [0.15, 0.2) is 54.6 Å². The number of hydrogen-bond donors (Lipinski definition) is 1. The molecule has 6 rings (SSSR count). The van der Waals surface area contributed by atoms with E-state index in [0.29, 0.717) is 5.92 Å². The van der Waals surface area contributed by atoms with Crippen LogP contribution in [-0.2, 0) is 9.59 Å². The Morgan fingerprint density at radius 1 is 0.886 bits per heavy atom. The third kappa shape index (κ3) is 6.68. The van der Waals surface area contributed by atoms with Crippen LogP contribution >= 0.6 is 11.3 Å². The third-order valence-electron chi connectivity index (χ3n) is 8.87. The van der Waals surface area contributed by atoms with Crippen molar-refractivity contribution in [2.45, 2.75) is 71.1 Å². The van der Waals surface area contributed by atoms with Gasteiger partial charge in [-0.05, 0) is 116 Å². The van der Waals surface area contributed by atoms with Gasteiger partial charge >= 0.3 is 5.97 Å². The Morgan fingerprint density at radius 2 is 1.66 bits per heavy atom. The first-order chi connectivity index (χ1) is 21.4. The molecule has 1 aliphatic carbocycles. The van der Waals surface area contributed by atoms with Gasteiger partial charge < -0.3 is 10.0 Å². The van der Waals surface area contributed by atoms with Crippen molar-refractivity contribution in [2.24, 2.45) is 0 Å². The van der Waals surface area contributed by atoms with Gasteiger partial charge in [0.1, 0.15) is 0 Å². The van der Waals surface area contributed by atoms with E-state index >= 15 is 0 Å². The highest BCUT2D eigenvalue weighted by molar-refractivity contribution is 7.15. The number of carbonyl (C=O) groups is 2. The van der Waals surface area contributed by atoms with E-state index in [4.69, 9.17) is 4.98 Å². The van der Waals surface area contributed by atoms with Crippen LogP contribution in [0.5, 0.6) is 0 Å². The number of carboxylic acids is 1. The van der Waals surface area contributed by atoms with E-state index in [2.05, 4.69) is 41.4 Å². The Morgan fingerprint density at radius 3 is 2.39 bits per heavy atom. The molecule has 2 aliphatic rings. The lowest BCUT2D eigenvalue weighted by Crippen LogP contribution is -2.34. The summed E-state index contributed by atoms with van der Waals surface area (Å²) < 4.78 is 0. The van der Waals surface area contributed by atoms with E-state index in [1.807, 2.05) is 30.9 Å². The Kier molecular flexibility index (Phi) is 9.03. The van der Waals surface area contributed by atoms with Crippen LogP contribution in [0.1, 0.15) is 84.7 Å². The standard InChI is InChI=1S/C37H39N3O3S/c1-24-37(44-25(2)38-24)33-16-12-28-23-30(13-15-32(28)39-33)36-29(14-17-34(41)40-19-7-4-8-20-40)21-26(11-18-35(42)43)22-31(36)27-9-5-3-6-10-27/h11-18,21-23,27H,3-10,19-20H2,1-2H3,(H,42,43). The molecule has 7 heteroatoms. The number of likely N-dealkylation sites (tertiary alicyclic amines) is 1. The average molecular weight is 606 g/mol. The van der Waals surface area contributed by atoms with Crippen molar-refractivity contribution in [1.29, 1.82) is 0 Å². The van der Waals surface area contributed by atoms with Crippen molar-refractivity contribution in [1.82, 2.24) is 14.9 Å². The molecule has 226 valence electrons. The van der Waals surface area contributed by atoms with E-state index < -0.39 is 5.97 Å². The summed E-state index contributed by atoms with van der Waals surface area (Å²) in [5, 5.41) is 11.4. The van der Waals surface area contributed by atoms with Gasteiger partial charge in [-0.3, -0.25) is 4.79 Å². The summed E-state index contributed by atoms with van der Waals surface area (Å²) in [6.45, 7) is 5.64. The summed E-state index contributed by atoms with van der Waals surface area (Å²) in [5.74, 6) is -0.573. The van der Waals surface area contributed by atoms with Gasteiger partial charge in [0.25, 0.3) is 0 Å². The summed E-state index contributed by atoms with van der Waals surface area (Å²) in [6.07, 6.45) is 15.5. The number of fused-ring (bicyclic) bond motifs is 1. The number of pyridine rings is 1.